The fraction of sp³-hybridized carbons (Fsp3) is 0.833. The molecule has 0 bridgehead atoms. The number of carboxylic acid groups (broad SMARTS) is 1. The van der Waals surface area contributed by atoms with Gasteiger partial charge < -0.3 is 15.7 Å². The SMILES string of the molecule is NC1(C(=O)N2CCCCC2CCC(=O)O)CC1. The molecule has 2 rings (SSSR count). The maximum absolute atomic E-state index is 12.2. The third-order valence-corrected chi connectivity index (χ3v) is 3.79. The number of piperidine rings is 1. The summed E-state index contributed by atoms with van der Waals surface area (Å²) in [6, 6.07) is 0.0772. The Morgan fingerprint density at radius 2 is 2.06 bits per heavy atom. The van der Waals surface area contributed by atoms with Crippen LogP contribution in [0.15, 0.2) is 0 Å². The number of nitrogens with two attached hydrogens (primary N) is 1. The predicted octanol–water partition coefficient (Wildman–Crippen LogP) is 0.724. The average molecular weight is 240 g/mol. The van der Waals surface area contributed by atoms with Crippen molar-refractivity contribution in [2.24, 2.45) is 5.73 Å². The molecular formula is C12H20N2O3. The number of nitrogens with zero attached hydrogens (tertiary/aromatic N) is 1. The summed E-state index contributed by atoms with van der Waals surface area (Å²) in [6.07, 6.45) is 5.22. The first-order valence-electron chi connectivity index (χ1n) is 6.35. The molecule has 1 aliphatic heterocycles. The number of likely N-dealkylation sites (tertiary alicyclic amines) is 1. The van der Waals surface area contributed by atoms with Crippen molar-refractivity contribution in [2.75, 3.05) is 6.54 Å². The molecule has 2 fully saturated rings. The van der Waals surface area contributed by atoms with Crippen LogP contribution in [0.2, 0.25) is 0 Å². The highest BCUT2D eigenvalue weighted by Crippen LogP contribution is 2.36. The second-order valence-corrected chi connectivity index (χ2v) is 5.24. The Morgan fingerprint density at radius 3 is 2.65 bits per heavy atom. The van der Waals surface area contributed by atoms with Gasteiger partial charge in [-0.3, -0.25) is 9.59 Å². The molecule has 1 saturated carbocycles. The average Bonchev–Trinajstić information content (AvgIpc) is 3.05. The Labute approximate surface area is 101 Å². The molecule has 1 atom stereocenters. The molecule has 0 radical (unpaired) electrons. The maximum atomic E-state index is 12.2. The number of carboxylic acids is 1. The zero-order chi connectivity index (χ0) is 12.5. The number of rotatable bonds is 4. The van der Waals surface area contributed by atoms with Crippen molar-refractivity contribution >= 4 is 11.9 Å². The normalized spacial score (nSPS) is 26.6. The molecule has 17 heavy (non-hydrogen) atoms. The van der Waals surface area contributed by atoms with Crippen LogP contribution < -0.4 is 5.73 Å². The lowest BCUT2D eigenvalue weighted by molar-refractivity contribution is -0.141. The monoisotopic (exact) mass is 240 g/mol. The van der Waals surface area contributed by atoms with E-state index < -0.39 is 11.5 Å². The second-order valence-electron chi connectivity index (χ2n) is 5.24. The lowest BCUT2D eigenvalue weighted by Crippen LogP contribution is -2.52. The highest BCUT2D eigenvalue weighted by molar-refractivity contribution is 5.89. The van der Waals surface area contributed by atoms with Crippen molar-refractivity contribution in [3.8, 4) is 0 Å². The van der Waals surface area contributed by atoms with E-state index in [4.69, 9.17) is 10.8 Å². The highest BCUT2D eigenvalue weighted by atomic mass is 16.4. The van der Waals surface area contributed by atoms with Crippen LogP contribution in [0.1, 0.15) is 44.9 Å². The van der Waals surface area contributed by atoms with E-state index in [1.165, 1.54) is 0 Å². The van der Waals surface area contributed by atoms with Gasteiger partial charge in [-0.05, 0) is 38.5 Å². The molecule has 0 aromatic heterocycles. The second kappa shape index (κ2) is 4.64. The lowest BCUT2D eigenvalue weighted by Gasteiger charge is -2.37. The van der Waals surface area contributed by atoms with E-state index >= 15 is 0 Å². The highest BCUT2D eigenvalue weighted by Gasteiger charge is 2.49. The Morgan fingerprint density at radius 1 is 1.35 bits per heavy atom. The predicted molar refractivity (Wildman–Crippen MR) is 62.4 cm³/mol. The van der Waals surface area contributed by atoms with E-state index in [2.05, 4.69) is 0 Å². The minimum atomic E-state index is -0.795. The quantitative estimate of drug-likeness (QED) is 0.758. The summed E-state index contributed by atoms with van der Waals surface area (Å²) >= 11 is 0. The smallest absolute Gasteiger partial charge is 0.303 e. The topological polar surface area (TPSA) is 83.6 Å². The first-order chi connectivity index (χ1) is 8.03. The standard InChI is InChI=1S/C12H20N2O3/c13-12(6-7-12)11(17)14-8-2-1-3-9(14)4-5-10(15)16/h9H,1-8,13H2,(H,15,16). The summed E-state index contributed by atoms with van der Waals surface area (Å²) in [5.41, 5.74) is 5.31. The Bertz CT molecular complexity index is 326. The zero-order valence-corrected chi connectivity index (χ0v) is 10.0. The molecule has 3 N–H and O–H groups in total. The number of aliphatic carboxylic acids is 1. The van der Waals surface area contributed by atoms with Crippen LogP contribution in [0.3, 0.4) is 0 Å². The molecule has 1 unspecified atom stereocenters. The van der Waals surface area contributed by atoms with E-state index in [9.17, 15) is 9.59 Å². The Hall–Kier alpha value is -1.10. The summed E-state index contributed by atoms with van der Waals surface area (Å²) in [5, 5.41) is 8.71. The Kier molecular flexibility index (Phi) is 3.38. The molecule has 5 nitrogen and oxygen atoms in total. The van der Waals surface area contributed by atoms with Crippen LogP contribution in [-0.2, 0) is 9.59 Å². The molecule has 1 amide bonds. The minimum absolute atomic E-state index is 0.0348. The summed E-state index contributed by atoms with van der Waals surface area (Å²) in [4.78, 5) is 24.6. The van der Waals surface area contributed by atoms with Crippen LogP contribution >= 0.6 is 0 Å². The van der Waals surface area contributed by atoms with E-state index in [0.717, 1.165) is 38.6 Å². The van der Waals surface area contributed by atoms with Gasteiger partial charge in [-0.2, -0.15) is 0 Å². The van der Waals surface area contributed by atoms with Crippen LogP contribution in [0, 0.1) is 0 Å². The zero-order valence-electron chi connectivity index (χ0n) is 10.0. The molecule has 5 heteroatoms. The first-order valence-corrected chi connectivity index (χ1v) is 6.35. The Balaban J connectivity index is 1.96. The molecule has 1 heterocycles. The summed E-state index contributed by atoms with van der Waals surface area (Å²) in [5.74, 6) is -0.760. The van der Waals surface area contributed by atoms with Gasteiger partial charge in [-0.25, -0.2) is 0 Å². The fourth-order valence-corrected chi connectivity index (χ4v) is 2.49. The van der Waals surface area contributed by atoms with Crippen LogP contribution in [0.25, 0.3) is 0 Å². The maximum Gasteiger partial charge on any atom is 0.303 e. The van der Waals surface area contributed by atoms with Crippen LogP contribution in [0.4, 0.5) is 0 Å². The fourth-order valence-electron chi connectivity index (χ4n) is 2.49. The van der Waals surface area contributed by atoms with Crippen molar-refractivity contribution in [1.82, 2.24) is 4.90 Å². The summed E-state index contributed by atoms with van der Waals surface area (Å²) in [7, 11) is 0. The number of carbonyl (C=O) groups is 2. The summed E-state index contributed by atoms with van der Waals surface area (Å²) < 4.78 is 0. The third-order valence-electron chi connectivity index (χ3n) is 3.79. The van der Waals surface area contributed by atoms with Gasteiger partial charge in [0.25, 0.3) is 0 Å². The van der Waals surface area contributed by atoms with Crippen molar-refractivity contribution in [1.29, 1.82) is 0 Å². The molecule has 2 aliphatic rings. The largest absolute Gasteiger partial charge is 0.481 e. The van der Waals surface area contributed by atoms with Crippen molar-refractivity contribution < 1.29 is 14.7 Å². The van der Waals surface area contributed by atoms with Gasteiger partial charge in [0, 0.05) is 19.0 Å². The molecule has 96 valence electrons. The van der Waals surface area contributed by atoms with Gasteiger partial charge in [0.05, 0.1) is 5.54 Å². The van der Waals surface area contributed by atoms with Crippen LogP contribution in [0.5, 0.6) is 0 Å². The van der Waals surface area contributed by atoms with Gasteiger partial charge in [0.1, 0.15) is 0 Å². The number of carbonyl (C=O) groups excluding carboxylic acids is 1. The van der Waals surface area contributed by atoms with E-state index in [0.29, 0.717) is 6.42 Å². The molecule has 0 spiro atoms. The molecule has 1 aliphatic carbocycles. The number of amides is 1. The van der Waals surface area contributed by atoms with E-state index in [1.807, 2.05) is 4.90 Å². The van der Waals surface area contributed by atoms with Gasteiger partial charge in [-0.15, -0.1) is 0 Å². The summed E-state index contributed by atoms with van der Waals surface area (Å²) in [6.45, 7) is 0.738. The molecule has 0 aromatic rings. The van der Waals surface area contributed by atoms with Crippen LogP contribution in [-0.4, -0.2) is 40.0 Å². The third kappa shape index (κ3) is 2.77. The number of hydrogen-bond acceptors (Lipinski definition) is 3. The van der Waals surface area contributed by atoms with Crippen molar-refractivity contribution in [3.05, 3.63) is 0 Å². The minimum Gasteiger partial charge on any atom is -0.481 e. The van der Waals surface area contributed by atoms with Gasteiger partial charge in [0.2, 0.25) is 5.91 Å². The molecule has 0 aromatic carbocycles. The first kappa shape index (κ1) is 12.4. The van der Waals surface area contributed by atoms with Gasteiger partial charge in [0.15, 0.2) is 0 Å². The van der Waals surface area contributed by atoms with Gasteiger partial charge in [-0.1, -0.05) is 0 Å². The number of hydrogen-bond donors (Lipinski definition) is 2. The van der Waals surface area contributed by atoms with E-state index in [1.54, 1.807) is 0 Å². The van der Waals surface area contributed by atoms with Crippen molar-refractivity contribution in [2.45, 2.75) is 56.5 Å². The van der Waals surface area contributed by atoms with E-state index in [-0.39, 0.29) is 18.4 Å². The molecular weight excluding hydrogens is 220 g/mol. The van der Waals surface area contributed by atoms with Crippen molar-refractivity contribution in [3.63, 3.8) is 0 Å². The van der Waals surface area contributed by atoms with Gasteiger partial charge >= 0.3 is 5.97 Å². The lowest BCUT2D eigenvalue weighted by atomic mass is 9.96. The molecule has 1 saturated heterocycles.